The van der Waals surface area contributed by atoms with Gasteiger partial charge < -0.3 is 10.4 Å². The van der Waals surface area contributed by atoms with E-state index in [1.165, 1.54) is 5.56 Å². The van der Waals surface area contributed by atoms with Crippen LogP contribution in [0.3, 0.4) is 0 Å². The highest BCUT2D eigenvalue weighted by molar-refractivity contribution is 5.66. The predicted molar refractivity (Wildman–Crippen MR) is 57.5 cm³/mol. The van der Waals surface area contributed by atoms with Crippen molar-refractivity contribution in [3.8, 4) is 0 Å². The predicted octanol–water partition coefficient (Wildman–Crippen LogP) is 1.60. The minimum Gasteiger partial charge on any atom is -0.481 e. The second-order valence-electron chi connectivity index (χ2n) is 3.45. The Balaban J connectivity index is 2.25. The zero-order chi connectivity index (χ0) is 11.1. The van der Waals surface area contributed by atoms with Gasteiger partial charge in [-0.2, -0.15) is 0 Å². The Morgan fingerprint density at radius 3 is 2.80 bits per heavy atom. The number of hydrogen-bond donors (Lipinski definition) is 2. The van der Waals surface area contributed by atoms with Gasteiger partial charge in [0.05, 0.1) is 0 Å². The van der Waals surface area contributed by atoms with Crippen molar-refractivity contribution in [1.29, 1.82) is 0 Å². The van der Waals surface area contributed by atoms with E-state index in [0.717, 1.165) is 6.54 Å². The normalized spacial score (nSPS) is 12.3. The van der Waals surface area contributed by atoms with Crippen LogP contribution in [0, 0.1) is 0 Å². The SMILES string of the molecule is C[C@@H](NCCCC(=O)O)c1ccncc1. The van der Waals surface area contributed by atoms with Crippen molar-refractivity contribution >= 4 is 5.97 Å². The first-order chi connectivity index (χ1) is 7.20. The summed E-state index contributed by atoms with van der Waals surface area (Å²) in [7, 11) is 0. The molecule has 0 aliphatic carbocycles. The van der Waals surface area contributed by atoms with Crippen LogP contribution < -0.4 is 5.32 Å². The maximum Gasteiger partial charge on any atom is 0.303 e. The number of carbonyl (C=O) groups is 1. The van der Waals surface area contributed by atoms with Crippen LogP contribution in [-0.4, -0.2) is 22.6 Å². The van der Waals surface area contributed by atoms with Crippen LogP contribution in [0.25, 0.3) is 0 Å². The Morgan fingerprint density at radius 2 is 2.20 bits per heavy atom. The van der Waals surface area contributed by atoms with E-state index in [1.54, 1.807) is 12.4 Å². The third-order valence-corrected chi connectivity index (χ3v) is 2.22. The summed E-state index contributed by atoms with van der Waals surface area (Å²) in [5.41, 5.74) is 1.17. The lowest BCUT2D eigenvalue weighted by Gasteiger charge is -2.13. The van der Waals surface area contributed by atoms with Gasteiger partial charge in [-0.1, -0.05) is 0 Å². The Hall–Kier alpha value is -1.42. The molecule has 4 nitrogen and oxygen atoms in total. The molecule has 4 heteroatoms. The molecule has 1 aromatic heterocycles. The van der Waals surface area contributed by atoms with E-state index in [9.17, 15) is 4.79 Å². The molecule has 0 saturated carbocycles. The molecule has 1 atom stereocenters. The summed E-state index contributed by atoms with van der Waals surface area (Å²) >= 11 is 0. The van der Waals surface area contributed by atoms with Gasteiger partial charge in [0.25, 0.3) is 0 Å². The van der Waals surface area contributed by atoms with Crippen molar-refractivity contribution in [2.45, 2.75) is 25.8 Å². The molecule has 0 aliphatic heterocycles. The molecule has 1 rings (SSSR count). The molecule has 1 aromatic rings. The molecular weight excluding hydrogens is 192 g/mol. The molecule has 0 spiro atoms. The van der Waals surface area contributed by atoms with Crippen LogP contribution in [0.15, 0.2) is 24.5 Å². The number of aliphatic carboxylic acids is 1. The molecule has 0 saturated heterocycles. The van der Waals surface area contributed by atoms with Crippen LogP contribution >= 0.6 is 0 Å². The largest absolute Gasteiger partial charge is 0.481 e. The molecular formula is C11H16N2O2. The lowest BCUT2D eigenvalue weighted by molar-refractivity contribution is -0.137. The second kappa shape index (κ2) is 6.14. The molecule has 82 valence electrons. The smallest absolute Gasteiger partial charge is 0.303 e. The minimum atomic E-state index is -0.742. The summed E-state index contributed by atoms with van der Waals surface area (Å²) in [5.74, 6) is -0.742. The number of aromatic nitrogens is 1. The molecule has 0 amide bonds. The third-order valence-electron chi connectivity index (χ3n) is 2.22. The topological polar surface area (TPSA) is 62.2 Å². The minimum absolute atomic E-state index is 0.218. The second-order valence-corrected chi connectivity index (χ2v) is 3.45. The molecule has 0 unspecified atom stereocenters. The first kappa shape index (κ1) is 11.7. The molecule has 0 aromatic carbocycles. The molecule has 0 bridgehead atoms. The number of nitrogens with one attached hydrogen (secondary N) is 1. The van der Waals surface area contributed by atoms with Gasteiger partial charge in [-0.15, -0.1) is 0 Å². The van der Waals surface area contributed by atoms with Crippen LogP contribution in [0.2, 0.25) is 0 Å². The first-order valence-corrected chi connectivity index (χ1v) is 5.05. The molecule has 1 heterocycles. The lowest BCUT2D eigenvalue weighted by Crippen LogP contribution is -2.20. The highest BCUT2D eigenvalue weighted by Gasteiger charge is 2.03. The Morgan fingerprint density at radius 1 is 1.53 bits per heavy atom. The van der Waals surface area contributed by atoms with E-state index in [0.29, 0.717) is 6.42 Å². The van der Waals surface area contributed by atoms with E-state index < -0.39 is 5.97 Å². The zero-order valence-electron chi connectivity index (χ0n) is 8.81. The molecule has 2 N–H and O–H groups in total. The number of pyridine rings is 1. The van der Waals surface area contributed by atoms with Crippen LogP contribution in [0.1, 0.15) is 31.4 Å². The van der Waals surface area contributed by atoms with Gasteiger partial charge >= 0.3 is 5.97 Å². The van der Waals surface area contributed by atoms with Gasteiger partial charge in [0, 0.05) is 24.9 Å². The van der Waals surface area contributed by atoms with E-state index in [4.69, 9.17) is 5.11 Å². The maximum atomic E-state index is 10.3. The van der Waals surface area contributed by atoms with Crippen LogP contribution in [-0.2, 0) is 4.79 Å². The number of carboxylic acids is 1. The van der Waals surface area contributed by atoms with Crippen molar-refractivity contribution in [2.24, 2.45) is 0 Å². The monoisotopic (exact) mass is 208 g/mol. The molecule has 0 aliphatic rings. The van der Waals surface area contributed by atoms with E-state index in [2.05, 4.69) is 17.2 Å². The van der Waals surface area contributed by atoms with Crippen molar-refractivity contribution < 1.29 is 9.90 Å². The summed E-state index contributed by atoms with van der Waals surface area (Å²) in [5, 5.41) is 11.7. The standard InChI is InChI=1S/C11H16N2O2/c1-9(10-4-7-12-8-5-10)13-6-2-3-11(14)15/h4-5,7-9,13H,2-3,6H2,1H3,(H,14,15)/t9-/m1/s1. The fourth-order valence-electron chi connectivity index (χ4n) is 1.33. The molecule has 15 heavy (non-hydrogen) atoms. The summed E-state index contributed by atoms with van der Waals surface area (Å²) in [6, 6.07) is 4.14. The van der Waals surface area contributed by atoms with Crippen molar-refractivity contribution in [1.82, 2.24) is 10.3 Å². The quantitative estimate of drug-likeness (QED) is 0.697. The highest BCUT2D eigenvalue weighted by atomic mass is 16.4. The van der Waals surface area contributed by atoms with Gasteiger partial charge in [-0.3, -0.25) is 9.78 Å². The third kappa shape index (κ3) is 4.56. The maximum absolute atomic E-state index is 10.3. The number of nitrogens with zero attached hydrogens (tertiary/aromatic N) is 1. The molecule has 0 fully saturated rings. The first-order valence-electron chi connectivity index (χ1n) is 5.05. The van der Waals surface area contributed by atoms with Crippen molar-refractivity contribution in [2.75, 3.05) is 6.54 Å². The average molecular weight is 208 g/mol. The van der Waals surface area contributed by atoms with E-state index in [1.807, 2.05) is 12.1 Å². The van der Waals surface area contributed by atoms with Crippen LogP contribution in [0.4, 0.5) is 0 Å². The van der Waals surface area contributed by atoms with Gasteiger partial charge in [0.2, 0.25) is 0 Å². The van der Waals surface area contributed by atoms with Gasteiger partial charge in [-0.25, -0.2) is 0 Å². The van der Waals surface area contributed by atoms with Gasteiger partial charge in [-0.05, 0) is 37.6 Å². The van der Waals surface area contributed by atoms with Crippen LogP contribution in [0.5, 0.6) is 0 Å². The summed E-state index contributed by atoms with van der Waals surface area (Å²) < 4.78 is 0. The molecule has 0 radical (unpaired) electrons. The zero-order valence-corrected chi connectivity index (χ0v) is 8.81. The number of carboxylic acid groups (broad SMARTS) is 1. The summed E-state index contributed by atoms with van der Waals surface area (Å²) in [6.07, 6.45) is 4.39. The fourth-order valence-corrected chi connectivity index (χ4v) is 1.33. The lowest BCUT2D eigenvalue weighted by atomic mass is 10.1. The number of rotatable bonds is 6. The Labute approximate surface area is 89.3 Å². The summed E-state index contributed by atoms with van der Waals surface area (Å²) in [6.45, 7) is 2.77. The summed E-state index contributed by atoms with van der Waals surface area (Å²) in [4.78, 5) is 14.2. The van der Waals surface area contributed by atoms with Crippen molar-refractivity contribution in [3.05, 3.63) is 30.1 Å². The van der Waals surface area contributed by atoms with Crippen molar-refractivity contribution in [3.63, 3.8) is 0 Å². The highest BCUT2D eigenvalue weighted by Crippen LogP contribution is 2.09. The fraction of sp³-hybridized carbons (Fsp3) is 0.455. The van der Waals surface area contributed by atoms with E-state index in [-0.39, 0.29) is 12.5 Å². The Kier molecular flexibility index (Phi) is 4.77. The van der Waals surface area contributed by atoms with E-state index >= 15 is 0 Å². The average Bonchev–Trinajstić information content (AvgIpc) is 2.25. The van der Waals surface area contributed by atoms with Gasteiger partial charge in [0.15, 0.2) is 0 Å². The van der Waals surface area contributed by atoms with Gasteiger partial charge in [0.1, 0.15) is 0 Å². The Bertz CT molecular complexity index is 301. The number of hydrogen-bond acceptors (Lipinski definition) is 3.